The SMILES string of the molecule is CC(C)(C)CNc1cc(C(=O)c2ccccc2)ccc1N. The van der Waals surface area contributed by atoms with Crippen molar-refractivity contribution < 1.29 is 4.79 Å². The Morgan fingerprint density at radius 3 is 2.33 bits per heavy atom. The van der Waals surface area contributed by atoms with Crippen molar-refractivity contribution >= 4 is 17.2 Å². The van der Waals surface area contributed by atoms with E-state index in [1.807, 2.05) is 36.4 Å². The molecule has 0 aliphatic heterocycles. The van der Waals surface area contributed by atoms with Gasteiger partial charge in [0.15, 0.2) is 5.78 Å². The van der Waals surface area contributed by atoms with Crippen LogP contribution in [0.1, 0.15) is 36.7 Å². The van der Waals surface area contributed by atoms with Gasteiger partial charge in [0.25, 0.3) is 0 Å². The van der Waals surface area contributed by atoms with E-state index in [1.54, 1.807) is 12.1 Å². The van der Waals surface area contributed by atoms with E-state index in [-0.39, 0.29) is 11.2 Å². The number of carbonyl (C=O) groups is 1. The first-order valence-corrected chi connectivity index (χ1v) is 7.10. The Morgan fingerprint density at radius 1 is 1.05 bits per heavy atom. The van der Waals surface area contributed by atoms with Crippen molar-refractivity contribution in [1.82, 2.24) is 0 Å². The van der Waals surface area contributed by atoms with Gasteiger partial charge in [-0.25, -0.2) is 0 Å². The number of anilines is 2. The molecule has 0 bridgehead atoms. The van der Waals surface area contributed by atoms with Gasteiger partial charge in [0.05, 0.1) is 11.4 Å². The van der Waals surface area contributed by atoms with Crippen LogP contribution in [0.4, 0.5) is 11.4 Å². The van der Waals surface area contributed by atoms with E-state index >= 15 is 0 Å². The summed E-state index contributed by atoms with van der Waals surface area (Å²) in [5.41, 5.74) is 8.93. The molecule has 0 radical (unpaired) electrons. The van der Waals surface area contributed by atoms with E-state index in [4.69, 9.17) is 5.73 Å². The van der Waals surface area contributed by atoms with Crippen LogP contribution in [0, 0.1) is 5.41 Å². The molecule has 2 rings (SSSR count). The molecule has 2 aromatic rings. The van der Waals surface area contributed by atoms with Crippen LogP contribution >= 0.6 is 0 Å². The standard InChI is InChI=1S/C18H22N2O/c1-18(2,3)12-20-16-11-14(9-10-15(16)19)17(21)13-7-5-4-6-8-13/h4-11,20H,12,19H2,1-3H3. The van der Waals surface area contributed by atoms with Crippen molar-refractivity contribution in [2.24, 2.45) is 5.41 Å². The van der Waals surface area contributed by atoms with Crippen LogP contribution in [-0.2, 0) is 0 Å². The van der Waals surface area contributed by atoms with Crippen molar-refractivity contribution in [3.05, 3.63) is 59.7 Å². The maximum Gasteiger partial charge on any atom is 0.193 e. The second-order valence-corrected chi connectivity index (χ2v) is 6.41. The molecular weight excluding hydrogens is 260 g/mol. The highest BCUT2D eigenvalue weighted by Gasteiger charge is 2.13. The highest BCUT2D eigenvalue weighted by atomic mass is 16.1. The van der Waals surface area contributed by atoms with Gasteiger partial charge in [-0.1, -0.05) is 51.1 Å². The number of benzene rings is 2. The van der Waals surface area contributed by atoms with Gasteiger partial charge >= 0.3 is 0 Å². The van der Waals surface area contributed by atoms with E-state index in [9.17, 15) is 4.79 Å². The van der Waals surface area contributed by atoms with E-state index in [2.05, 4.69) is 26.1 Å². The predicted molar refractivity (Wildman–Crippen MR) is 88.7 cm³/mol. The van der Waals surface area contributed by atoms with Crippen LogP contribution in [0.5, 0.6) is 0 Å². The minimum atomic E-state index is 0.00871. The molecule has 3 heteroatoms. The van der Waals surface area contributed by atoms with Gasteiger partial charge in [-0.05, 0) is 23.6 Å². The molecule has 0 heterocycles. The molecule has 0 aliphatic rings. The number of nitrogen functional groups attached to an aromatic ring is 1. The van der Waals surface area contributed by atoms with Gasteiger partial charge < -0.3 is 11.1 Å². The molecule has 0 amide bonds. The Balaban J connectivity index is 2.24. The van der Waals surface area contributed by atoms with Gasteiger partial charge in [-0.15, -0.1) is 0 Å². The number of hydrogen-bond acceptors (Lipinski definition) is 3. The average Bonchev–Trinajstić information content (AvgIpc) is 2.46. The zero-order valence-corrected chi connectivity index (χ0v) is 12.8. The van der Waals surface area contributed by atoms with Crippen LogP contribution in [0.15, 0.2) is 48.5 Å². The lowest BCUT2D eigenvalue weighted by Crippen LogP contribution is -2.19. The molecule has 0 spiro atoms. The normalized spacial score (nSPS) is 11.2. The highest BCUT2D eigenvalue weighted by Crippen LogP contribution is 2.24. The summed E-state index contributed by atoms with van der Waals surface area (Å²) in [5, 5.41) is 3.32. The largest absolute Gasteiger partial charge is 0.397 e. The first-order valence-electron chi connectivity index (χ1n) is 7.10. The van der Waals surface area contributed by atoms with Gasteiger partial charge in [-0.3, -0.25) is 4.79 Å². The molecule has 0 atom stereocenters. The van der Waals surface area contributed by atoms with Crippen LogP contribution < -0.4 is 11.1 Å². The lowest BCUT2D eigenvalue weighted by atomic mass is 9.96. The summed E-state index contributed by atoms with van der Waals surface area (Å²) in [5.74, 6) is 0.00871. The summed E-state index contributed by atoms with van der Waals surface area (Å²) < 4.78 is 0. The van der Waals surface area contributed by atoms with Crippen molar-refractivity contribution in [2.45, 2.75) is 20.8 Å². The van der Waals surface area contributed by atoms with Gasteiger partial charge in [-0.2, -0.15) is 0 Å². The van der Waals surface area contributed by atoms with Crippen LogP contribution in [0.3, 0.4) is 0 Å². The van der Waals surface area contributed by atoms with E-state index in [0.717, 1.165) is 12.2 Å². The number of carbonyl (C=O) groups excluding carboxylic acids is 1. The molecule has 2 aromatic carbocycles. The fraction of sp³-hybridized carbons (Fsp3) is 0.278. The number of rotatable bonds is 4. The predicted octanol–water partition coefficient (Wildman–Crippen LogP) is 3.96. The summed E-state index contributed by atoms with van der Waals surface area (Å²) >= 11 is 0. The minimum Gasteiger partial charge on any atom is -0.397 e. The molecule has 0 aromatic heterocycles. The molecule has 0 aliphatic carbocycles. The smallest absolute Gasteiger partial charge is 0.193 e. The van der Waals surface area contributed by atoms with E-state index in [1.165, 1.54) is 0 Å². The summed E-state index contributed by atoms with van der Waals surface area (Å²) in [6, 6.07) is 14.6. The Bertz CT molecular complexity index is 627. The summed E-state index contributed by atoms with van der Waals surface area (Å²) in [6.07, 6.45) is 0. The number of nitrogens with one attached hydrogen (secondary N) is 1. The lowest BCUT2D eigenvalue weighted by Gasteiger charge is -2.20. The summed E-state index contributed by atoms with van der Waals surface area (Å²) in [7, 11) is 0. The first-order chi connectivity index (χ1) is 9.87. The van der Waals surface area contributed by atoms with Crippen LogP contribution in [0.25, 0.3) is 0 Å². The molecule has 3 N–H and O–H groups in total. The van der Waals surface area contributed by atoms with Crippen molar-refractivity contribution in [3.63, 3.8) is 0 Å². The molecular formula is C18H22N2O. The topological polar surface area (TPSA) is 55.1 Å². The van der Waals surface area contributed by atoms with Crippen molar-refractivity contribution in [3.8, 4) is 0 Å². The molecule has 110 valence electrons. The number of hydrogen-bond donors (Lipinski definition) is 2. The third-order valence-corrected chi connectivity index (χ3v) is 3.16. The first kappa shape index (κ1) is 15.1. The maximum atomic E-state index is 12.4. The second-order valence-electron chi connectivity index (χ2n) is 6.41. The summed E-state index contributed by atoms with van der Waals surface area (Å²) in [4.78, 5) is 12.4. The average molecular weight is 282 g/mol. The molecule has 21 heavy (non-hydrogen) atoms. The maximum absolute atomic E-state index is 12.4. The molecule has 0 saturated heterocycles. The fourth-order valence-corrected chi connectivity index (χ4v) is 1.97. The Morgan fingerprint density at radius 2 is 1.71 bits per heavy atom. The monoisotopic (exact) mass is 282 g/mol. The van der Waals surface area contributed by atoms with Gasteiger partial charge in [0.1, 0.15) is 0 Å². The lowest BCUT2D eigenvalue weighted by molar-refractivity contribution is 0.103. The minimum absolute atomic E-state index is 0.00871. The van der Waals surface area contributed by atoms with E-state index < -0.39 is 0 Å². The van der Waals surface area contributed by atoms with Crippen molar-refractivity contribution in [2.75, 3.05) is 17.6 Å². The Kier molecular flexibility index (Phi) is 4.32. The number of nitrogens with two attached hydrogens (primary N) is 1. The van der Waals surface area contributed by atoms with Gasteiger partial charge in [0.2, 0.25) is 0 Å². The molecule has 0 fully saturated rings. The quantitative estimate of drug-likeness (QED) is 0.659. The molecule has 0 unspecified atom stereocenters. The third kappa shape index (κ3) is 4.09. The van der Waals surface area contributed by atoms with Gasteiger partial charge in [0, 0.05) is 17.7 Å². The van der Waals surface area contributed by atoms with E-state index in [0.29, 0.717) is 16.8 Å². The number of ketones is 1. The zero-order valence-electron chi connectivity index (χ0n) is 12.8. The highest BCUT2D eigenvalue weighted by molar-refractivity contribution is 6.09. The summed E-state index contributed by atoms with van der Waals surface area (Å²) in [6.45, 7) is 7.24. The molecule has 0 saturated carbocycles. The van der Waals surface area contributed by atoms with Crippen LogP contribution in [0.2, 0.25) is 0 Å². The Hall–Kier alpha value is -2.29. The zero-order chi connectivity index (χ0) is 15.5. The van der Waals surface area contributed by atoms with Crippen LogP contribution in [-0.4, -0.2) is 12.3 Å². The molecule has 3 nitrogen and oxygen atoms in total. The van der Waals surface area contributed by atoms with Crippen molar-refractivity contribution in [1.29, 1.82) is 0 Å². The Labute approximate surface area is 126 Å². The fourth-order valence-electron chi connectivity index (χ4n) is 1.97. The second kappa shape index (κ2) is 6.00. The third-order valence-electron chi connectivity index (χ3n) is 3.16.